The SMILES string of the molecule is CC[C@H](Nc1ccc2c(c1)NC(=O)[C@H](C)O2)c1ccc(Cl)cc1. The maximum absolute atomic E-state index is 11.7. The number of rotatable bonds is 4. The van der Waals surface area contributed by atoms with Crippen LogP contribution in [0.25, 0.3) is 0 Å². The number of amides is 1. The van der Waals surface area contributed by atoms with Crippen LogP contribution in [0.15, 0.2) is 42.5 Å². The van der Waals surface area contributed by atoms with E-state index in [-0.39, 0.29) is 11.9 Å². The summed E-state index contributed by atoms with van der Waals surface area (Å²) in [4.78, 5) is 11.7. The lowest BCUT2D eigenvalue weighted by atomic mass is 10.0. The average Bonchev–Trinajstić information content (AvgIpc) is 2.55. The zero-order chi connectivity index (χ0) is 16.4. The fourth-order valence-electron chi connectivity index (χ4n) is 2.62. The van der Waals surface area contributed by atoms with Crippen molar-refractivity contribution in [2.75, 3.05) is 10.6 Å². The van der Waals surface area contributed by atoms with Gasteiger partial charge >= 0.3 is 0 Å². The summed E-state index contributed by atoms with van der Waals surface area (Å²) in [5.41, 5.74) is 2.80. The van der Waals surface area contributed by atoms with Crippen molar-refractivity contribution in [1.82, 2.24) is 0 Å². The molecule has 1 heterocycles. The molecule has 2 atom stereocenters. The molecule has 5 heteroatoms. The van der Waals surface area contributed by atoms with E-state index in [1.807, 2.05) is 42.5 Å². The third-order valence-electron chi connectivity index (χ3n) is 3.93. The van der Waals surface area contributed by atoms with Crippen molar-refractivity contribution in [3.8, 4) is 5.75 Å². The predicted octanol–water partition coefficient (Wildman–Crippen LogP) is 4.62. The van der Waals surface area contributed by atoms with E-state index in [0.29, 0.717) is 11.4 Å². The van der Waals surface area contributed by atoms with Crippen LogP contribution in [-0.4, -0.2) is 12.0 Å². The minimum Gasteiger partial charge on any atom is -0.479 e. The molecule has 2 N–H and O–H groups in total. The Balaban J connectivity index is 1.80. The molecule has 4 nitrogen and oxygen atoms in total. The number of ether oxygens (including phenoxy) is 1. The number of halogens is 1. The van der Waals surface area contributed by atoms with Gasteiger partial charge in [0.1, 0.15) is 5.75 Å². The molecule has 0 bridgehead atoms. The molecule has 0 aliphatic carbocycles. The Morgan fingerprint density at radius 3 is 2.70 bits per heavy atom. The van der Waals surface area contributed by atoms with Gasteiger partial charge in [-0.05, 0) is 49.2 Å². The topological polar surface area (TPSA) is 50.4 Å². The van der Waals surface area contributed by atoms with Gasteiger partial charge in [0.2, 0.25) is 0 Å². The molecule has 120 valence electrons. The van der Waals surface area contributed by atoms with E-state index in [0.717, 1.165) is 17.1 Å². The number of carbonyl (C=O) groups is 1. The summed E-state index contributed by atoms with van der Waals surface area (Å²) in [7, 11) is 0. The van der Waals surface area contributed by atoms with Crippen LogP contribution in [0.1, 0.15) is 31.9 Å². The number of nitrogens with one attached hydrogen (secondary N) is 2. The Morgan fingerprint density at radius 1 is 1.26 bits per heavy atom. The molecule has 0 spiro atoms. The van der Waals surface area contributed by atoms with Crippen LogP contribution in [0.2, 0.25) is 5.02 Å². The summed E-state index contributed by atoms with van der Waals surface area (Å²) in [5.74, 6) is 0.571. The summed E-state index contributed by atoms with van der Waals surface area (Å²) in [6.45, 7) is 3.86. The van der Waals surface area contributed by atoms with Crippen molar-refractivity contribution in [3.05, 3.63) is 53.1 Å². The van der Waals surface area contributed by atoms with Crippen molar-refractivity contribution in [2.24, 2.45) is 0 Å². The highest BCUT2D eigenvalue weighted by atomic mass is 35.5. The minimum absolute atomic E-state index is 0.126. The Morgan fingerprint density at radius 2 is 2.00 bits per heavy atom. The highest BCUT2D eigenvalue weighted by Gasteiger charge is 2.23. The Bertz CT molecular complexity index is 715. The lowest BCUT2D eigenvalue weighted by Gasteiger charge is -2.25. The van der Waals surface area contributed by atoms with Gasteiger partial charge in [-0.15, -0.1) is 0 Å². The Labute approximate surface area is 140 Å². The van der Waals surface area contributed by atoms with Crippen LogP contribution in [0, 0.1) is 0 Å². The molecule has 1 amide bonds. The number of hydrogen-bond donors (Lipinski definition) is 2. The molecule has 1 aliphatic rings. The van der Waals surface area contributed by atoms with E-state index in [1.54, 1.807) is 6.92 Å². The highest BCUT2D eigenvalue weighted by molar-refractivity contribution is 6.30. The molecular formula is C18H19ClN2O2. The smallest absolute Gasteiger partial charge is 0.265 e. The van der Waals surface area contributed by atoms with E-state index in [9.17, 15) is 4.79 Å². The molecule has 0 saturated carbocycles. The molecule has 0 unspecified atom stereocenters. The number of carbonyl (C=O) groups excluding carboxylic acids is 1. The quantitative estimate of drug-likeness (QED) is 0.859. The molecule has 0 fully saturated rings. The largest absolute Gasteiger partial charge is 0.479 e. The second kappa shape index (κ2) is 6.50. The van der Waals surface area contributed by atoms with E-state index in [4.69, 9.17) is 16.3 Å². The average molecular weight is 331 g/mol. The van der Waals surface area contributed by atoms with E-state index in [2.05, 4.69) is 17.6 Å². The second-order valence-corrected chi connectivity index (χ2v) is 6.05. The van der Waals surface area contributed by atoms with Crippen LogP contribution in [-0.2, 0) is 4.79 Å². The van der Waals surface area contributed by atoms with Crippen LogP contribution in [0.4, 0.5) is 11.4 Å². The van der Waals surface area contributed by atoms with Crippen LogP contribution in [0.3, 0.4) is 0 Å². The fraction of sp³-hybridized carbons (Fsp3) is 0.278. The first-order chi connectivity index (χ1) is 11.1. The maximum Gasteiger partial charge on any atom is 0.265 e. The lowest BCUT2D eigenvalue weighted by Crippen LogP contribution is -2.34. The van der Waals surface area contributed by atoms with Gasteiger partial charge < -0.3 is 15.4 Å². The van der Waals surface area contributed by atoms with Gasteiger partial charge in [0.25, 0.3) is 5.91 Å². The first-order valence-electron chi connectivity index (χ1n) is 7.70. The first kappa shape index (κ1) is 15.7. The molecule has 0 aromatic heterocycles. The van der Waals surface area contributed by atoms with Crippen LogP contribution in [0.5, 0.6) is 5.75 Å². The normalized spacial score (nSPS) is 17.7. The molecular weight excluding hydrogens is 312 g/mol. The summed E-state index contributed by atoms with van der Waals surface area (Å²) in [5, 5.41) is 7.09. The lowest BCUT2D eigenvalue weighted by molar-refractivity contribution is -0.122. The van der Waals surface area contributed by atoms with Crippen molar-refractivity contribution in [2.45, 2.75) is 32.4 Å². The number of benzene rings is 2. The molecule has 2 aromatic rings. The van der Waals surface area contributed by atoms with Crippen molar-refractivity contribution < 1.29 is 9.53 Å². The number of fused-ring (bicyclic) bond motifs is 1. The molecule has 3 rings (SSSR count). The minimum atomic E-state index is -0.459. The van der Waals surface area contributed by atoms with Gasteiger partial charge in [-0.3, -0.25) is 4.79 Å². The molecule has 2 aromatic carbocycles. The fourth-order valence-corrected chi connectivity index (χ4v) is 2.74. The summed E-state index contributed by atoms with van der Waals surface area (Å²) < 4.78 is 5.57. The molecule has 23 heavy (non-hydrogen) atoms. The number of hydrogen-bond acceptors (Lipinski definition) is 3. The van der Waals surface area contributed by atoms with E-state index >= 15 is 0 Å². The summed E-state index contributed by atoms with van der Waals surface area (Å²) in [6, 6.07) is 13.7. The predicted molar refractivity (Wildman–Crippen MR) is 93.3 cm³/mol. The third-order valence-corrected chi connectivity index (χ3v) is 4.18. The molecule has 0 radical (unpaired) electrons. The van der Waals surface area contributed by atoms with Crippen molar-refractivity contribution in [3.63, 3.8) is 0 Å². The second-order valence-electron chi connectivity index (χ2n) is 5.62. The van der Waals surface area contributed by atoms with Crippen molar-refractivity contribution in [1.29, 1.82) is 0 Å². The van der Waals surface area contributed by atoms with Crippen molar-refractivity contribution >= 4 is 28.9 Å². The van der Waals surface area contributed by atoms with Gasteiger partial charge in [-0.1, -0.05) is 30.7 Å². The van der Waals surface area contributed by atoms with Gasteiger partial charge in [-0.2, -0.15) is 0 Å². The maximum atomic E-state index is 11.7. The Hall–Kier alpha value is -2.20. The van der Waals surface area contributed by atoms with Crippen LogP contribution >= 0.6 is 11.6 Å². The summed E-state index contributed by atoms with van der Waals surface area (Å²) in [6.07, 6.45) is 0.470. The van der Waals surface area contributed by atoms with Gasteiger partial charge in [0, 0.05) is 10.7 Å². The van der Waals surface area contributed by atoms with E-state index in [1.165, 1.54) is 5.56 Å². The third kappa shape index (κ3) is 3.42. The standard InChI is InChI=1S/C18H19ClN2O2/c1-3-15(12-4-6-13(19)7-5-12)20-14-8-9-17-16(10-14)21-18(22)11(2)23-17/h4-11,15,20H,3H2,1-2H3,(H,21,22)/t11-,15-/m0/s1. The van der Waals surface area contributed by atoms with Gasteiger partial charge in [0.05, 0.1) is 11.7 Å². The monoisotopic (exact) mass is 330 g/mol. The number of anilines is 2. The van der Waals surface area contributed by atoms with E-state index < -0.39 is 6.10 Å². The van der Waals surface area contributed by atoms with Gasteiger partial charge in [-0.25, -0.2) is 0 Å². The van der Waals surface area contributed by atoms with Gasteiger partial charge in [0.15, 0.2) is 6.10 Å². The first-order valence-corrected chi connectivity index (χ1v) is 8.08. The Kier molecular flexibility index (Phi) is 4.44. The summed E-state index contributed by atoms with van der Waals surface area (Å²) >= 11 is 5.95. The highest BCUT2D eigenvalue weighted by Crippen LogP contribution is 2.33. The zero-order valence-electron chi connectivity index (χ0n) is 13.1. The van der Waals surface area contributed by atoms with Crippen LogP contribution < -0.4 is 15.4 Å². The molecule has 0 saturated heterocycles. The zero-order valence-corrected chi connectivity index (χ0v) is 13.9. The molecule has 1 aliphatic heterocycles.